The summed E-state index contributed by atoms with van der Waals surface area (Å²) in [6.07, 6.45) is 2.32. The fraction of sp³-hybridized carbons (Fsp3) is 0.154. The van der Waals surface area contributed by atoms with E-state index in [9.17, 15) is 9.59 Å². The van der Waals surface area contributed by atoms with Gasteiger partial charge >= 0.3 is 0 Å². The van der Waals surface area contributed by atoms with E-state index in [1.165, 1.54) is 17.5 Å². The smallest absolute Gasteiger partial charge is 0.274 e. The number of amides is 2. The highest BCUT2D eigenvalue weighted by Gasteiger charge is 2.16. The average Bonchev–Trinajstić information content (AvgIpc) is 2.83. The summed E-state index contributed by atoms with van der Waals surface area (Å²) in [6, 6.07) is 6.77. The van der Waals surface area contributed by atoms with Gasteiger partial charge in [-0.25, -0.2) is 0 Å². The highest BCUT2D eigenvalue weighted by Crippen LogP contribution is 2.28. The number of rotatable bonds is 4. The first-order chi connectivity index (χ1) is 9.11. The van der Waals surface area contributed by atoms with E-state index in [0.717, 1.165) is 11.3 Å². The summed E-state index contributed by atoms with van der Waals surface area (Å²) in [7, 11) is 0. The molecule has 19 heavy (non-hydrogen) atoms. The number of hydrogen-bond donors (Lipinski definition) is 2. The van der Waals surface area contributed by atoms with Crippen LogP contribution in [0, 0.1) is 0 Å². The van der Waals surface area contributed by atoms with Crippen LogP contribution in [0.3, 0.4) is 0 Å². The first-order valence-electron chi connectivity index (χ1n) is 5.76. The molecule has 2 heterocycles. The van der Waals surface area contributed by atoms with Crippen LogP contribution in [0.1, 0.15) is 32.6 Å². The van der Waals surface area contributed by atoms with E-state index in [4.69, 9.17) is 5.73 Å². The molecule has 0 aliphatic heterocycles. The van der Waals surface area contributed by atoms with Gasteiger partial charge < -0.3 is 11.1 Å². The van der Waals surface area contributed by atoms with Crippen molar-refractivity contribution in [3.05, 3.63) is 46.6 Å². The number of anilines is 1. The number of aromatic nitrogens is 1. The second-order valence-electron chi connectivity index (χ2n) is 3.84. The molecule has 0 atom stereocenters. The van der Waals surface area contributed by atoms with E-state index >= 15 is 0 Å². The molecule has 0 fully saturated rings. The van der Waals surface area contributed by atoms with Crippen molar-refractivity contribution in [2.45, 2.75) is 13.3 Å². The lowest BCUT2D eigenvalue weighted by Crippen LogP contribution is -2.17. The number of carbonyl (C=O) groups is 2. The number of aryl methyl sites for hydroxylation is 1. The quantitative estimate of drug-likeness (QED) is 0.895. The molecule has 2 aromatic heterocycles. The van der Waals surface area contributed by atoms with Gasteiger partial charge in [-0.1, -0.05) is 13.0 Å². The molecule has 2 aromatic rings. The van der Waals surface area contributed by atoms with Crippen LogP contribution in [0.4, 0.5) is 5.00 Å². The van der Waals surface area contributed by atoms with Gasteiger partial charge in [0.05, 0.1) is 5.56 Å². The van der Waals surface area contributed by atoms with Crippen molar-refractivity contribution in [1.82, 2.24) is 4.98 Å². The number of hydrogen-bond acceptors (Lipinski definition) is 4. The minimum Gasteiger partial charge on any atom is -0.366 e. The largest absolute Gasteiger partial charge is 0.366 e. The van der Waals surface area contributed by atoms with Gasteiger partial charge in [0, 0.05) is 11.1 Å². The number of thiophene rings is 1. The molecule has 6 heteroatoms. The molecule has 2 rings (SSSR count). The van der Waals surface area contributed by atoms with Crippen LogP contribution in [-0.4, -0.2) is 16.8 Å². The Hall–Kier alpha value is -2.21. The standard InChI is InChI=1S/C13H13N3O2S/c1-2-8-7-9(11(14)17)13(19-8)16-12(18)10-5-3-4-6-15-10/h3-7H,2H2,1H3,(H2,14,17)(H,16,18). The monoisotopic (exact) mass is 275 g/mol. The van der Waals surface area contributed by atoms with E-state index in [2.05, 4.69) is 10.3 Å². The molecular weight excluding hydrogens is 262 g/mol. The molecule has 3 N–H and O–H groups in total. The van der Waals surface area contributed by atoms with Crippen LogP contribution in [-0.2, 0) is 6.42 Å². The molecule has 0 spiro atoms. The summed E-state index contributed by atoms with van der Waals surface area (Å²) in [5.74, 6) is -0.903. The zero-order valence-electron chi connectivity index (χ0n) is 10.3. The van der Waals surface area contributed by atoms with Crippen LogP contribution in [0.25, 0.3) is 0 Å². The lowest BCUT2D eigenvalue weighted by molar-refractivity contribution is 0.100. The third-order valence-corrected chi connectivity index (χ3v) is 3.72. The third-order valence-electron chi connectivity index (χ3n) is 2.52. The van der Waals surface area contributed by atoms with E-state index in [1.54, 1.807) is 24.3 Å². The molecule has 2 amide bonds. The second kappa shape index (κ2) is 5.62. The van der Waals surface area contributed by atoms with Gasteiger partial charge in [-0.15, -0.1) is 11.3 Å². The molecule has 0 unspecified atom stereocenters. The van der Waals surface area contributed by atoms with Crippen molar-refractivity contribution >= 4 is 28.2 Å². The lowest BCUT2D eigenvalue weighted by atomic mass is 10.2. The topological polar surface area (TPSA) is 85.1 Å². The Morgan fingerprint density at radius 2 is 2.21 bits per heavy atom. The summed E-state index contributed by atoms with van der Waals surface area (Å²) in [6.45, 7) is 1.97. The molecule has 0 saturated heterocycles. The highest BCUT2D eigenvalue weighted by molar-refractivity contribution is 7.16. The fourth-order valence-electron chi connectivity index (χ4n) is 1.56. The first-order valence-corrected chi connectivity index (χ1v) is 6.58. The predicted molar refractivity (Wildman–Crippen MR) is 74.4 cm³/mol. The molecule has 0 aliphatic carbocycles. The van der Waals surface area contributed by atoms with Crippen LogP contribution < -0.4 is 11.1 Å². The third kappa shape index (κ3) is 2.97. The number of nitrogens with one attached hydrogen (secondary N) is 1. The number of primary amides is 1. The molecule has 5 nitrogen and oxygen atoms in total. The van der Waals surface area contributed by atoms with Crippen molar-refractivity contribution in [3.8, 4) is 0 Å². The zero-order valence-corrected chi connectivity index (χ0v) is 11.2. The predicted octanol–water partition coefficient (Wildman–Crippen LogP) is 2.06. The van der Waals surface area contributed by atoms with E-state index in [0.29, 0.717) is 16.3 Å². The van der Waals surface area contributed by atoms with Crippen molar-refractivity contribution in [2.75, 3.05) is 5.32 Å². The lowest BCUT2D eigenvalue weighted by Gasteiger charge is -2.03. The van der Waals surface area contributed by atoms with Crippen molar-refractivity contribution < 1.29 is 9.59 Å². The molecule has 0 bridgehead atoms. The van der Waals surface area contributed by atoms with Crippen molar-refractivity contribution in [2.24, 2.45) is 5.73 Å². The van der Waals surface area contributed by atoms with Crippen molar-refractivity contribution in [3.63, 3.8) is 0 Å². The van der Waals surface area contributed by atoms with E-state index in [-0.39, 0.29) is 5.91 Å². The molecule has 0 aliphatic rings. The van der Waals surface area contributed by atoms with E-state index in [1.807, 2.05) is 6.92 Å². The van der Waals surface area contributed by atoms with E-state index < -0.39 is 5.91 Å². The molecular formula is C13H13N3O2S. The second-order valence-corrected chi connectivity index (χ2v) is 4.98. The number of carbonyl (C=O) groups excluding carboxylic acids is 2. The zero-order chi connectivity index (χ0) is 13.8. The van der Waals surface area contributed by atoms with Gasteiger partial charge in [0.2, 0.25) is 0 Å². The molecule has 0 aromatic carbocycles. The van der Waals surface area contributed by atoms with Gasteiger partial charge in [-0.2, -0.15) is 0 Å². The Bertz CT molecular complexity index is 608. The van der Waals surface area contributed by atoms with Crippen LogP contribution in [0.5, 0.6) is 0 Å². The Balaban J connectivity index is 2.26. The maximum absolute atomic E-state index is 12.0. The molecule has 0 radical (unpaired) electrons. The Morgan fingerprint density at radius 3 is 2.79 bits per heavy atom. The Labute approximate surface area is 114 Å². The Morgan fingerprint density at radius 1 is 1.42 bits per heavy atom. The molecule has 98 valence electrons. The minimum atomic E-state index is -0.549. The van der Waals surface area contributed by atoms with Crippen molar-refractivity contribution in [1.29, 1.82) is 0 Å². The summed E-state index contributed by atoms with van der Waals surface area (Å²) in [5, 5.41) is 3.15. The number of pyridine rings is 1. The van der Waals surface area contributed by atoms with Gasteiger partial charge in [0.25, 0.3) is 11.8 Å². The normalized spacial score (nSPS) is 10.2. The van der Waals surface area contributed by atoms with Gasteiger partial charge in [0.1, 0.15) is 10.7 Å². The maximum atomic E-state index is 12.0. The van der Waals surface area contributed by atoms with Crippen LogP contribution in [0.15, 0.2) is 30.5 Å². The van der Waals surface area contributed by atoms with Crippen LogP contribution >= 0.6 is 11.3 Å². The fourth-order valence-corrected chi connectivity index (χ4v) is 2.55. The summed E-state index contributed by atoms with van der Waals surface area (Å²) >= 11 is 1.35. The summed E-state index contributed by atoms with van der Waals surface area (Å²) < 4.78 is 0. The first kappa shape index (κ1) is 13.2. The number of nitrogens with zero attached hydrogens (tertiary/aromatic N) is 1. The SMILES string of the molecule is CCc1cc(C(N)=O)c(NC(=O)c2ccccn2)s1. The van der Waals surface area contributed by atoms with Gasteiger partial charge in [0.15, 0.2) is 0 Å². The minimum absolute atomic E-state index is 0.296. The number of nitrogens with two attached hydrogens (primary N) is 1. The average molecular weight is 275 g/mol. The summed E-state index contributed by atoms with van der Waals surface area (Å²) in [5.41, 5.74) is 5.93. The van der Waals surface area contributed by atoms with Gasteiger partial charge in [-0.3, -0.25) is 14.6 Å². The Kier molecular flexibility index (Phi) is 3.91. The highest BCUT2D eigenvalue weighted by atomic mass is 32.1. The maximum Gasteiger partial charge on any atom is 0.274 e. The molecule has 0 saturated carbocycles. The summed E-state index contributed by atoms with van der Waals surface area (Å²) in [4.78, 5) is 28.2. The van der Waals surface area contributed by atoms with Gasteiger partial charge in [-0.05, 0) is 24.6 Å². The van der Waals surface area contributed by atoms with Crippen LogP contribution in [0.2, 0.25) is 0 Å².